The van der Waals surface area contributed by atoms with Crippen molar-refractivity contribution in [3.05, 3.63) is 12.2 Å². The van der Waals surface area contributed by atoms with Crippen molar-refractivity contribution in [2.45, 2.75) is 77.6 Å². The quantitative estimate of drug-likeness (QED) is 0.178. The fraction of sp³-hybridized carbons (Fsp3) is 0.682. The highest BCUT2D eigenvalue weighted by Crippen LogP contribution is 2.31. The zero-order valence-electron chi connectivity index (χ0n) is 20.3. The average Bonchev–Trinajstić information content (AvgIpc) is 2.75. The van der Waals surface area contributed by atoms with Gasteiger partial charge in [-0.2, -0.15) is 0 Å². The van der Waals surface area contributed by atoms with Gasteiger partial charge in [-0.05, 0) is 12.5 Å². The van der Waals surface area contributed by atoms with Crippen molar-refractivity contribution in [1.82, 2.24) is 5.32 Å². The number of hydrogen-bond acceptors (Lipinski definition) is 11. The maximum Gasteiger partial charge on any atom is 0.371 e. The Balaban J connectivity index is 3.52. The van der Waals surface area contributed by atoms with E-state index in [1.807, 2.05) is 6.92 Å². The molecule has 0 spiro atoms. The molecule has 0 aromatic rings. The van der Waals surface area contributed by atoms with Gasteiger partial charge in [-0.25, -0.2) is 4.79 Å². The van der Waals surface area contributed by atoms with Crippen LogP contribution in [0.2, 0.25) is 0 Å². The highest BCUT2D eigenvalue weighted by Gasteiger charge is 2.52. The highest BCUT2D eigenvalue weighted by atomic mass is 16.7. The van der Waals surface area contributed by atoms with E-state index in [0.717, 1.165) is 34.3 Å². The third-order valence-electron chi connectivity index (χ3n) is 4.60. The van der Waals surface area contributed by atoms with E-state index in [-0.39, 0.29) is 6.61 Å². The molecular formula is C22H33NO11. The Bertz CT molecular complexity index is 781. The van der Waals surface area contributed by atoms with Crippen LogP contribution < -0.4 is 5.32 Å². The second-order valence-electron chi connectivity index (χ2n) is 7.55. The number of unbranched alkanes of at least 4 members (excludes halogenated alkanes) is 1. The van der Waals surface area contributed by atoms with Crippen LogP contribution >= 0.6 is 0 Å². The van der Waals surface area contributed by atoms with Crippen LogP contribution in [0.15, 0.2) is 12.2 Å². The molecule has 1 aliphatic rings. The molecule has 1 N–H and O–H groups in total. The molecule has 1 amide bonds. The smallest absolute Gasteiger partial charge is 0.371 e. The molecule has 34 heavy (non-hydrogen) atoms. The first-order chi connectivity index (χ1) is 16.0. The molecule has 0 bridgehead atoms. The minimum atomic E-state index is -2.02. The summed E-state index contributed by atoms with van der Waals surface area (Å²) in [6.07, 6.45) is 0.0516. The predicted octanol–water partition coefficient (Wildman–Crippen LogP) is 0.559. The first-order valence-electron chi connectivity index (χ1n) is 10.8. The molecular weight excluding hydrogens is 454 g/mol. The van der Waals surface area contributed by atoms with Crippen LogP contribution in [-0.4, -0.2) is 80.2 Å². The number of ether oxygens (including phenoxy) is 6. The maximum absolute atomic E-state index is 12.7. The van der Waals surface area contributed by atoms with Crippen molar-refractivity contribution in [3.63, 3.8) is 0 Å². The first-order valence-corrected chi connectivity index (χ1v) is 10.8. The number of nitrogens with one attached hydrogen (secondary N) is 1. The van der Waals surface area contributed by atoms with Crippen LogP contribution in [0.1, 0.15) is 47.5 Å². The average molecular weight is 488 g/mol. The Morgan fingerprint density at radius 1 is 1.03 bits per heavy atom. The monoisotopic (exact) mass is 487 g/mol. The van der Waals surface area contributed by atoms with E-state index in [9.17, 15) is 24.0 Å². The molecule has 1 heterocycles. The van der Waals surface area contributed by atoms with Crippen molar-refractivity contribution in [3.8, 4) is 0 Å². The van der Waals surface area contributed by atoms with Gasteiger partial charge in [-0.15, -0.1) is 0 Å². The fourth-order valence-electron chi connectivity index (χ4n) is 3.21. The summed E-state index contributed by atoms with van der Waals surface area (Å²) in [6, 6.07) is -0.940. The number of carbonyl (C=O) groups excluding carboxylic acids is 5. The van der Waals surface area contributed by atoms with Crippen molar-refractivity contribution >= 4 is 29.8 Å². The molecule has 5 atom stereocenters. The predicted molar refractivity (Wildman–Crippen MR) is 115 cm³/mol. The topological polar surface area (TPSA) is 153 Å². The van der Waals surface area contributed by atoms with Gasteiger partial charge in [0.05, 0.1) is 19.8 Å². The lowest BCUT2D eigenvalue weighted by atomic mass is 9.95. The lowest BCUT2D eigenvalue weighted by Crippen LogP contribution is -2.62. The summed E-state index contributed by atoms with van der Waals surface area (Å²) in [5, 5.41) is 2.62. The highest BCUT2D eigenvalue weighted by molar-refractivity contribution is 5.81. The molecule has 0 saturated carbocycles. The van der Waals surface area contributed by atoms with E-state index in [1.54, 1.807) is 0 Å². The molecule has 0 fully saturated rings. The van der Waals surface area contributed by atoms with Crippen LogP contribution in [0.25, 0.3) is 0 Å². The minimum Gasteiger partial charge on any atom is -0.465 e. The van der Waals surface area contributed by atoms with E-state index >= 15 is 0 Å². The molecule has 192 valence electrons. The summed E-state index contributed by atoms with van der Waals surface area (Å²) < 4.78 is 32.3. The summed E-state index contributed by atoms with van der Waals surface area (Å²) in [6.45, 7) is 6.21. The lowest BCUT2D eigenvalue weighted by Gasteiger charge is -2.42. The van der Waals surface area contributed by atoms with Crippen LogP contribution in [-0.2, 0) is 52.4 Å². The molecule has 1 aliphatic heterocycles. The summed E-state index contributed by atoms with van der Waals surface area (Å²) in [4.78, 5) is 59.6. The van der Waals surface area contributed by atoms with Crippen LogP contribution in [0.4, 0.5) is 0 Å². The third-order valence-corrected chi connectivity index (χ3v) is 4.60. The summed E-state index contributed by atoms with van der Waals surface area (Å²) in [5.41, 5.74) is 0. The van der Waals surface area contributed by atoms with E-state index in [2.05, 4.69) is 5.32 Å². The second-order valence-corrected chi connectivity index (χ2v) is 7.55. The Morgan fingerprint density at radius 2 is 1.68 bits per heavy atom. The van der Waals surface area contributed by atoms with Gasteiger partial charge in [0.2, 0.25) is 5.91 Å². The van der Waals surface area contributed by atoms with Crippen LogP contribution in [0.3, 0.4) is 0 Å². The van der Waals surface area contributed by atoms with E-state index in [0.29, 0.717) is 6.42 Å². The number of esters is 4. The molecule has 0 aromatic heterocycles. The Kier molecular flexibility index (Phi) is 11.7. The van der Waals surface area contributed by atoms with Crippen molar-refractivity contribution in [1.29, 1.82) is 0 Å². The van der Waals surface area contributed by atoms with E-state index in [4.69, 9.17) is 28.4 Å². The minimum absolute atomic E-state index is 0.131. The lowest BCUT2D eigenvalue weighted by molar-refractivity contribution is -0.266. The van der Waals surface area contributed by atoms with Gasteiger partial charge < -0.3 is 33.7 Å². The molecule has 1 unspecified atom stereocenters. The SMILES string of the molecule is CCCCO[C@@]1(C(=O)OC)C=C[C@@H](NC(C)=O)C([C@H](OC(C)=O)[C@H](COC(C)=O)OC(C)=O)O1. The number of rotatable bonds is 12. The summed E-state index contributed by atoms with van der Waals surface area (Å²) in [5.74, 6) is -5.57. The van der Waals surface area contributed by atoms with Gasteiger partial charge in [-0.3, -0.25) is 19.2 Å². The molecule has 12 nitrogen and oxygen atoms in total. The Morgan fingerprint density at radius 3 is 2.18 bits per heavy atom. The van der Waals surface area contributed by atoms with Crippen molar-refractivity contribution < 1.29 is 52.4 Å². The Hall–Kier alpha value is -2.99. The third kappa shape index (κ3) is 8.75. The second kappa shape index (κ2) is 13.7. The van der Waals surface area contributed by atoms with Crippen LogP contribution in [0.5, 0.6) is 0 Å². The molecule has 0 radical (unpaired) electrons. The van der Waals surface area contributed by atoms with Crippen molar-refractivity contribution in [2.75, 3.05) is 20.3 Å². The molecule has 0 saturated heterocycles. The van der Waals surface area contributed by atoms with Crippen molar-refractivity contribution in [2.24, 2.45) is 0 Å². The van der Waals surface area contributed by atoms with Gasteiger partial charge in [-0.1, -0.05) is 19.4 Å². The van der Waals surface area contributed by atoms with Gasteiger partial charge in [0, 0.05) is 27.7 Å². The van der Waals surface area contributed by atoms with Gasteiger partial charge in [0.25, 0.3) is 5.79 Å². The summed E-state index contributed by atoms with van der Waals surface area (Å²) >= 11 is 0. The molecule has 0 aromatic carbocycles. The van der Waals surface area contributed by atoms with E-state index < -0.39 is 66.5 Å². The number of hydrogen-bond donors (Lipinski definition) is 1. The standard InChI is InChI=1S/C22H33NO11/c1-7-8-11-31-22(21(28)29-6)10-9-17(23-13(2)24)19(34-22)20(33-16(5)27)18(32-15(4)26)12-30-14(3)25/h9-10,17-20H,7-8,11-12H2,1-6H3,(H,23,24)/t17-,18+,19?,20-,22+/m1/s1. The Labute approximate surface area is 198 Å². The van der Waals surface area contributed by atoms with E-state index in [1.165, 1.54) is 19.1 Å². The van der Waals surface area contributed by atoms with Gasteiger partial charge in [0.15, 0.2) is 12.2 Å². The van der Waals surface area contributed by atoms with Crippen LogP contribution in [0, 0.1) is 0 Å². The van der Waals surface area contributed by atoms with Gasteiger partial charge >= 0.3 is 23.9 Å². The first kappa shape index (κ1) is 29.0. The summed E-state index contributed by atoms with van der Waals surface area (Å²) in [7, 11) is 1.14. The van der Waals surface area contributed by atoms with Gasteiger partial charge in [0.1, 0.15) is 12.7 Å². The number of methoxy groups -OCH3 is 1. The number of carbonyl (C=O) groups is 5. The molecule has 0 aliphatic carbocycles. The largest absolute Gasteiger partial charge is 0.465 e. The zero-order valence-corrected chi connectivity index (χ0v) is 20.3. The zero-order chi connectivity index (χ0) is 25.9. The maximum atomic E-state index is 12.7. The number of amides is 1. The molecule has 12 heteroatoms. The fourth-order valence-corrected chi connectivity index (χ4v) is 3.21. The normalized spacial score (nSPS) is 23.2. The molecule has 1 rings (SSSR count).